The molecule has 30 heavy (non-hydrogen) atoms. The summed E-state index contributed by atoms with van der Waals surface area (Å²) in [7, 11) is -16.8. The van der Waals surface area contributed by atoms with Crippen molar-refractivity contribution in [3.8, 4) is 0 Å². The summed E-state index contributed by atoms with van der Waals surface area (Å²) >= 11 is 5.74. The van der Waals surface area contributed by atoms with Gasteiger partial charge in [-0.1, -0.05) is 0 Å². The minimum atomic E-state index is -5.74. The second-order valence-electron chi connectivity index (χ2n) is 5.59. The minimum absolute atomic E-state index is 0.334. The van der Waals surface area contributed by atoms with E-state index >= 15 is 0 Å². The summed E-state index contributed by atoms with van der Waals surface area (Å²) in [6.07, 6.45) is 0.325. The molecule has 0 fully saturated rings. The van der Waals surface area contributed by atoms with E-state index in [1.54, 1.807) is 0 Å². The Balaban J connectivity index is 2.15. The van der Waals surface area contributed by atoms with Crippen molar-refractivity contribution in [3.05, 3.63) is 39.2 Å². The Labute approximate surface area is 170 Å². The third-order valence-electron chi connectivity index (χ3n) is 3.32. The molecular formula is C10H14ClN2O14P3. The van der Waals surface area contributed by atoms with Gasteiger partial charge in [0.1, 0.15) is 12.7 Å². The van der Waals surface area contributed by atoms with Gasteiger partial charge in [0.05, 0.1) is 5.88 Å². The second-order valence-corrected chi connectivity index (χ2v) is 10.3. The average molecular weight is 515 g/mol. The van der Waals surface area contributed by atoms with E-state index in [0.717, 1.165) is 22.9 Å². The highest BCUT2D eigenvalue weighted by Crippen LogP contribution is 2.66. The van der Waals surface area contributed by atoms with E-state index < -0.39 is 58.9 Å². The van der Waals surface area contributed by atoms with Gasteiger partial charge in [-0.2, -0.15) is 8.62 Å². The van der Waals surface area contributed by atoms with Crippen molar-refractivity contribution in [1.29, 1.82) is 0 Å². The summed E-state index contributed by atoms with van der Waals surface area (Å²) in [6, 6.07) is 0.963. The highest BCUT2D eigenvalue weighted by atomic mass is 35.5. The topological polar surface area (TPSA) is 244 Å². The third-order valence-corrected chi connectivity index (χ3v) is 7.56. The Bertz CT molecular complexity index is 1090. The van der Waals surface area contributed by atoms with Gasteiger partial charge in [-0.15, -0.1) is 11.6 Å². The Hall–Kier alpha value is -1.12. The van der Waals surface area contributed by atoms with Crippen LogP contribution in [0.25, 0.3) is 5.88 Å². The highest BCUT2D eigenvalue weighted by Gasteiger charge is 2.48. The van der Waals surface area contributed by atoms with Crippen LogP contribution in [0.5, 0.6) is 0 Å². The Kier molecular flexibility index (Phi) is 7.36. The largest absolute Gasteiger partial charge is 0.490 e. The number of nitrogens with one attached hydrogen (secondary N) is 1. The molecule has 16 nitrogen and oxygen atoms in total. The number of phosphoric acid groups is 3. The van der Waals surface area contributed by atoms with Gasteiger partial charge >= 0.3 is 29.2 Å². The van der Waals surface area contributed by atoms with Crippen molar-refractivity contribution in [2.45, 2.75) is 11.7 Å². The van der Waals surface area contributed by atoms with Crippen LogP contribution in [-0.4, -0.2) is 58.4 Å². The molecular weight excluding hydrogens is 500 g/mol. The Morgan fingerprint density at radius 1 is 1.17 bits per heavy atom. The number of halogens is 1. The lowest BCUT2D eigenvalue weighted by molar-refractivity contribution is -0.0514. The van der Waals surface area contributed by atoms with Gasteiger partial charge in [0.15, 0.2) is 5.60 Å². The van der Waals surface area contributed by atoms with E-state index in [1.165, 1.54) is 0 Å². The van der Waals surface area contributed by atoms with Gasteiger partial charge in [-0.05, 0) is 0 Å². The number of hydrogen-bond acceptors (Lipinski definition) is 10. The molecule has 1 aliphatic rings. The molecule has 0 aromatic carbocycles. The van der Waals surface area contributed by atoms with Gasteiger partial charge < -0.3 is 29.4 Å². The van der Waals surface area contributed by atoms with Crippen molar-refractivity contribution >= 4 is 41.0 Å². The molecule has 4 atom stereocenters. The number of aromatic nitrogens is 2. The second kappa shape index (κ2) is 8.79. The fourth-order valence-electron chi connectivity index (χ4n) is 2.06. The van der Waals surface area contributed by atoms with Gasteiger partial charge in [0, 0.05) is 18.3 Å². The normalized spacial score (nSPS) is 25.8. The molecule has 2 unspecified atom stereocenters. The SMILES string of the molecule is O=c1ccn(C2=C[C@H](O)[C@@](CCl)(COP(=O)(O)OP(=O)(O)OP(=O)(O)O)O2)c(=O)[nH]1. The predicted octanol–water partition coefficient (Wildman–Crippen LogP) is -0.953. The fraction of sp³-hybridized carbons (Fsp3) is 0.400. The lowest BCUT2D eigenvalue weighted by Crippen LogP contribution is -2.46. The van der Waals surface area contributed by atoms with Crippen LogP contribution in [0.15, 0.2) is 27.9 Å². The Morgan fingerprint density at radius 2 is 1.80 bits per heavy atom. The van der Waals surface area contributed by atoms with E-state index in [9.17, 15) is 33.3 Å². The van der Waals surface area contributed by atoms with E-state index in [1.807, 2.05) is 4.98 Å². The van der Waals surface area contributed by atoms with Crippen LogP contribution in [0.4, 0.5) is 0 Å². The predicted molar refractivity (Wildman–Crippen MR) is 96.0 cm³/mol. The number of H-pyrrole nitrogens is 1. The highest BCUT2D eigenvalue weighted by molar-refractivity contribution is 7.66. The first-order valence-electron chi connectivity index (χ1n) is 7.34. The molecule has 0 saturated heterocycles. The van der Waals surface area contributed by atoms with Crippen molar-refractivity contribution in [3.63, 3.8) is 0 Å². The quantitative estimate of drug-likeness (QED) is 0.172. The summed E-state index contributed by atoms with van der Waals surface area (Å²) in [5.74, 6) is -0.943. The maximum Gasteiger partial charge on any atom is 0.490 e. The molecule has 1 aromatic rings. The molecule has 0 amide bonds. The molecule has 170 valence electrons. The van der Waals surface area contributed by atoms with Gasteiger partial charge in [-0.25, -0.2) is 23.1 Å². The number of aliphatic hydroxyl groups is 1. The summed E-state index contributed by atoms with van der Waals surface area (Å²) in [5, 5.41) is 10.2. The van der Waals surface area contributed by atoms with E-state index in [2.05, 4.69) is 13.1 Å². The molecule has 6 N–H and O–H groups in total. The van der Waals surface area contributed by atoms with Crippen LogP contribution >= 0.6 is 35.1 Å². The van der Waals surface area contributed by atoms with Crippen molar-refractivity contribution in [1.82, 2.24) is 9.55 Å². The lowest BCUT2D eigenvalue weighted by atomic mass is 10.0. The minimum Gasteiger partial charge on any atom is -0.465 e. The van der Waals surface area contributed by atoms with Crippen LogP contribution in [0.2, 0.25) is 0 Å². The number of alkyl halides is 1. The number of rotatable bonds is 9. The molecule has 0 bridgehead atoms. The van der Waals surface area contributed by atoms with E-state index in [4.69, 9.17) is 31.0 Å². The molecule has 0 radical (unpaired) electrons. The number of ether oxygens (including phenoxy) is 1. The molecule has 2 rings (SSSR count). The molecule has 20 heteroatoms. The smallest absolute Gasteiger partial charge is 0.465 e. The first-order valence-corrected chi connectivity index (χ1v) is 12.4. The first-order chi connectivity index (χ1) is 13.6. The molecule has 1 aliphatic heterocycles. The number of aliphatic hydroxyl groups excluding tert-OH is 1. The zero-order chi connectivity index (χ0) is 23.0. The van der Waals surface area contributed by atoms with Crippen molar-refractivity contribution in [2.75, 3.05) is 12.5 Å². The van der Waals surface area contributed by atoms with Crippen LogP contribution < -0.4 is 11.2 Å². The summed E-state index contributed by atoms with van der Waals surface area (Å²) < 4.78 is 51.4. The number of aromatic amines is 1. The molecule has 0 saturated carbocycles. The summed E-state index contributed by atoms with van der Waals surface area (Å²) in [4.78, 5) is 60.5. The van der Waals surface area contributed by atoms with E-state index in [-0.39, 0.29) is 5.88 Å². The molecule has 1 aromatic heterocycles. The number of phosphoric ester groups is 1. The zero-order valence-corrected chi connectivity index (χ0v) is 17.7. The average Bonchev–Trinajstić information content (AvgIpc) is 2.86. The monoisotopic (exact) mass is 514 g/mol. The zero-order valence-electron chi connectivity index (χ0n) is 14.3. The summed E-state index contributed by atoms with van der Waals surface area (Å²) in [6.45, 7) is -1.07. The third kappa shape index (κ3) is 6.44. The summed E-state index contributed by atoms with van der Waals surface area (Å²) in [5.41, 5.74) is -3.66. The molecule has 2 heterocycles. The lowest BCUT2D eigenvalue weighted by Gasteiger charge is -2.30. The molecule has 0 spiro atoms. The number of hydrogen-bond donors (Lipinski definition) is 6. The maximum atomic E-state index is 11.8. The maximum absolute atomic E-state index is 11.8. The standard InChI is InChI=1S/C10H14ClN2O14P3/c11-4-10(5-24-29(20,21)27-30(22,23)26-28(17,18)19)6(14)3-8(25-10)13-2-1-7(15)12-9(13)16/h1-3,6,14H,4-5H2,(H,20,21)(H,22,23)(H,12,15,16)(H2,17,18,19)/t6-,10+/m0/s1. The van der Waals surface area contributed by atoms with Crippen LogP contribution in [0.3, 0.4) is 0 Å². The van der Waals surface area contributed by atoms with Crippen LogP contribution in [0, 0.1) is 0 Å². The van der Waals surface area contributed by atoms with E-state index in [0.29, 0.717) is 0 Å². The first kappa shape index (κ1) is 25.1. The molecule has 0 aliphatic carbocycles. The number of nitrogens with zero attached hydrogens (tertiary/aromatic N) is 1. The van der Waals surface area contributed by atoms with Crippen molar-refractivity contribution in [2.24, 2.45) is 0 Å². The van der Waals surface area contributed by atoms with Gasteiger partial charge in [0.2, 0.25) is 5.88 Å². The van der Waals surface area contributed by atoms with Crippen molar-refractivity contribution < 1.29 is 56.3 Å². The van der Waals surface area contributed by atoms with Crippen LogP contribution in [0.1, 0.15) is 0 Å². The van der Waals surface area contributed by atoms with Crippen LogP contribution in [-0.2, 0) is 31.6 Å². The van der Waals surface area contributed by atoms with Gasteiger partial charge in [-0.3, -0.25) is 14.3 Å². The van der Waals surface area contributed by atoms with Gasteiger partial charge in [0.25, 0.3) is 5.56 Å². The fourth-order valence-corrected chi connectivity index (χ4v) is 5.43. The Morgan fingerprint density at radius 3 is 2.33 bits per heavy atom.